The third kappa shape index (κ3) is 4.08. The standard InChI is InChI=1S/C20H23FN4O/c1-15-8-9-24-14-18(22-19(24)12-15)20(26)25(11-10-23(2)3)13-16-6-4-5-7-17(16)21/h4-9,12,14H,10-11,13H2,1-3H3. The number of imidazole rings is 1. The fraction of sp³-hybridized carbons (Fsp3) is 0.300. The lowest BCUT2D eigenvalue weighted by atomic mass is 10.2. The second-order valence-corrected chi connectivity index (χ2v) is 6.72. The Morgan fingerprint density at radius 1 is 1.19 bits per heavy atom. The summed E-state index contributed by atoms with van der Waals surface area (Å²) >= 11 is 0. The number of fused-ring (bicyclic) bond motifs is 1. The molecule has 0 saturated heterocycles. The van der Waals surface area contributed by atoms with Crippen molar-refractivity contribution in [2.24, 2.45) is 0 Å². The Balaban J connectivity index is 1.88. The van der Waals surface area contributed by atoms with Crippen LogP contribution < -0.4 is 0 Å². The Bertz CT molecular complexity index is 919. The zero-order chi connectivity index (χ0) is 18.7. The molecule has 3 aromatic rings. The summed E-state index contributed by atoms with van der Waals surface area (Å²) in [4.78, 5) is 21.1. The highest BCUT2D eigenvalue weighted by atomic mass is 19.1. The Hall–Kier alpha value is -2.73. The quantitative estimate of drug-likeness (QED) is 0.683. The smallest absolute Gasteiger partial charge is 0.274 e. The number of likely N-dealkylation sites (N-methyl/N-ethyl adjacent to an activating group) is 1. The molecule has 0 aliphatic rings. The number of amides is 1. The molecule has 2 aromatic heterocycles. The van der Waals surface area contributed by atoms with E-state index in [1.807, 2.05) is 48.6 Å². The van der Waals surface area contributed by atoms with Crippen LogP contribution in [0.25, 0.3) is 5.65 Å². The van der Waals surface area contributed by atoms with Crippen molar-refractivity contribution in [1.29, 1.82) is 0 Å². The van der Waals surface area contributed by atoms with E-state index >= 15 is 0 Å². The lowest BCUT2D eigenvalue weighted by Crippen LogP contribution is -2.36. The number of pyridine rings is 1. The molecule has 0 bridgehead atoms. The second kappa shape index (κ2) is 7.66. The Morgan fingerprint density at radius 3 is 2.69 bits per heavy atom. The first kappa shape index (κ1) is 18.1. The highest BCUT2D eigenvalue weighted by Gasteiger charge is 2.20. The highest BCUT2D eigenvalue weighted by Crippen LogP contribution is 2.14. The third-order valence-electron chi connectivity index (χ3n) is 4.26. The van der Waals surface area contributed by atoms with Gasteiger partial charge in [-0.05, 0) is 44.8 Å². The Kier molecular flexibility index (Phi) is 5.32. The van der Waals surface area contributed by atoms with Crippen molar-refractivity contribution >= 4 is 11.6 Å². The van der Waals surface area contributed by atoms with Gasteiger partial charge in [-0.3, -0.25) is 4.79 Å². The molecule has 0 spiro atoms. The van der Waals surface area contributed by atoms with E-state index < -0.39 is 0 Å². The summed E-state index contributed by atoms with van der Waals surface area (Å²) < 4.78 is 15.9. The van der Waals surface area contributed by atoms with Gasteiger partial charge in [0.15, 0.2) is 0 Å². The first-order chi connectivity index (χ1) is 12.4. The van der Waals surface area contributed by atoms with E-state index in [1.54, 1.807) is 29.3 Å². The van der Waals surface area contributed by atoms with E-state index in [0.717, 1.165) is 11.2 Å². The fourth-order valence-electron chi connectivity index (χ4n) is 2.75. The SMILES string of the molecule is Cc1ccn2cc(C(=O)N(CCN(C)C)Cc3ccccc3F)nc2c1. The molecule has 0 N–H and O–H groups in total. The molecule has 1 aromatic carbocycles. The largest absolute Gasteiger partial charge is 0.332 e. The van der Waals surface area contributed by atoms with Crippen LogP contribution in [-0.2, 0) is 6.54 Å². The molecule has 0 atom stereocenters. The van der Waals surface area contributed by atoms with Crippen molar-refractivity contribution < 1.29 is 9.18 Å². The number of hydrogen-bond donors (Lipinski definition) is 0. The van der Waals surface area contributed by atoms with Crippen molar-refractivity contribution in [3.8, 4) is 0 Å². The molecular formula is C20H23FN4O. The van der Waals surface area contributed by atoms with E-state index in [-0.39, 0.29) is 18.3 Å². The normalized spacial score (nSPS) is 11.3. The van der Waals surface area contributed by atoms with E-state index in [9.17, 15) is 9.18 Å². The summed E-state index contributed by atoms with van der Waals surface area (Å²) in [5.74, 6) is -0.503. The van der Waals surface area contributed by atoms with Gasteiger partial charge in [-0.25, -0.2) is 9.37 Å². The maximum Gasteiger partial charge on any atom is 0.274 e. The van der Waals surface area contributed by atoms with Gasteiger partial charge in [0.05, 0.1) is 0 Å². The lowest BCUT2D eigenvalue weighted by Gasteiger charge is -2.24. The summed E-state index contributed by atoms with van der Waals surface area (Å²) in [5.41, 5.74) is 2.68. The van der Waals surface area contributed by atoms with Gasteiger partial charge in [-0.15, -0.1) is 0 Å². The number of aryl methyl sites for hydroxylation is 1. The number of halogens is 1. The van der Waals surface area contributed by atoms with Crippen LogP contribution in [0.5, 0.6) is 0 Å². The number of benzene rings is 1. The first-order valence-electron chi connectivity index (χ1n) is 8.57. The predicted octanol–water partition coefficient (Wildman–Crippen LogP) is 2.99. The topological polar surface area (TPSA) is 40.9 Å². The summed E-state index contributed by atoms with van der Waals surface area (Å²) in [6, 6.07) is 10.4. The number of rotatable bonds is 6. The lowest BCUT2D eigenvalue weighted by molar-refractivity contribution is 0.0725. The maximum atomic E-state index is 14.1. The van der Waals surface area contributed by atoms with Crippen LogP contribution in [0.1, 0.15) is 21.6 Å². The number of hydrogen-bond acceptors (Lipinski definition) is 3. The van der Waals surface area contributed by atoms with Gasteiger partial charge in [-0.2, -0.15) is 0 Å². The predicted molar refractivity (Wildman–Crippen MR) is 99.6 cm³/mol. The van der Waals surface area contributed by atoms with Crippen molar-refractivity contribution in [3.05, 3.63) is 71.4 Å². The molecule has 0 aliphatic heterocycles. The molecule has 5 nitrogen and oxygen atoms in total. The van der Waals surface area contributed by atoms with Gasteiger partial charge in [0.2, 0.25) is 0 Å². The van der Waals surface area contributed by atoms with E-state index in [4.69, 9.17) is 0 Å². The van der Waals surface area contributed by atoms with Crippen LogP contribution in [0.4, 0.5) is 4.39 Å². The molecule has 26 heavy (non-hydrogen) atoms. The van der Waals surface area contributed by atoms with Gasteiger partial charge in [0.25, 0.3) is 5.91 Å². The summed E-state index contributed by atoms with van der Waals surface area (Å²) in [7, 11) is 3.89. The van der Waals surface area contributed by atoms with Crippen molar-refractivity contribution in [2.75, 3.05) is 27.2 Å². The van der Waals surface area contributed by atoms with E-state index in [0.29, 0.717) is 24.3 Å². The van der Waals surface area contributed by atoms with Crippen LogP contribution >= 0.6 is 0 Å². The van der Waals surface area contributed by atoms with Gasteiger partial charge in [0.1, 0.15) is 17.2 Å². The van der Waals surface area contributed by atoms with Crippen LogP contribution in [0.2, 0.25) is 0 Å². The molecule has 0 radical (unpaired) electrons. The molecular weight excluding hydrogens is 331 g/mol. The van der Waals surface area contributed by atoms with Crippen LogP contribution in [-0.4, -0.2) is 52.3 Å². The molecule has 0 unspecified atom stereocenters. The number of carbonyl (C=O) groups is 1. The van der Waals surface area contributed by atoms with Crippen molar-refractivity contribution in [2.45, 2.75) is 13.5 Å². The highest BCUT2D eigenvalue weighted by molar-refractivity contribution is 5.93. The van der Waals surface area contributed by atoms with Crippen molar-refractivity contribution in [3.63, 3.8) is 0 Å². The molecule has 3 rings (SSSR count). The van der Waals surface area contributed by atoms with Crippen LogP contribution in [0, 0.1) is 12.7 Å². The molecule has 136 valence electrons. The molecule has 6 heteroatoms. The fourth-order valence-corrected chi connectivity index (χ4v) is 2.75. The minimum Gasteiger partial charge on any atom is -0.332 e. The zero-order valence-electron chi connectivity index (χ0n) is 15.3. The van der Waals surface area contributed by atoms with E-state index in [2.05, 4.69) is 4.98 Å². The Labute approximate surface area is 152 Å². The maximum absolute atomic E-state index is 14.1. The molecule has 0 saturated carbocycles. The Morgan fingerprint density at radius 2 is 1.96 bits per heavy atom. The minimum atomic E-state index is -0.305. The monoisotopic (exact) mass is 354 g/mol. The van der Waals surface area contributed by atoms with Crippen LogP contribution in [0.3, 0.4) is 0 Å². The molecule has 1 amide bonds. The average molecular weight is 354 g/mol. The van der Waals surface area contributed by atoms with Crippen LogP contribution in [0.15, 0.2) is 48.8 Å². The van der Waals surface area contributed by atoms with Gasteiger partial charge in [-0.1, -0.05) is 18.2 Å². The number of aromatic nitrogens is 2. The first-order valence-corrected chi connectivity index (χ1v) is 8.57. The van der Waals surface area contributed by atoms with Crippen molar-refractivity contribution in [1.82, 2.24) is 19.2 Å². The van der Waals surface area contributed by atoms with Gasteiger partial charge >= 0.3 is 0 Å². The van der Waals surface area contributed by atoms with E-state index in [1.165, 1.54) is 6.07 Å². The van der Waals surface area contributed by atoms with Gasteiger partial charge in [0, 0.05) is 37.6 Å². The zero-order valence-corrected chi connectivity index (χ0v) is 15.3. The summed E-state index contributed by atoms with van der Waals surface area (Å²) in [6.45, 7) is 3.38. The molecule has 0 aliphatic carbocycles. The average Bonchev–Trinajstić information content (AvgIpc) is 3.02. The number of carbonyl (C=O) groups excluding carboxylic acids is 1. The second-order valence-electron chi connectivity index (χ2n) is 6.72. The summed E-state index contributed by atoms with van der Waals surface area (Å²) in [6.07, 6.45) is 3.61. The minimum absolute atomic E-state index is 0.198. The third-order valence-corrected chi connectivity index (χ3v) is 4.26. The molecule has 0 fully saturated rings. The summed E-state index contributed by atoms with van der Waals surface area (Å²) in [5, 5.41) is 0. The molecule has 2 heterocycles. The number of nitrogens with zero attached hydrogens (tertiary/aromatic N) is 4. The van der Waals surface area contributed by atoms with Gasteiger partial charge < -0.3 is 14.2 Å².